The van der Waals surface area contributed by atoms with Gasteiger partial charge in [0, 0.05) is 25.2 Å². The van der Waals surface area contributed by atoms with E-state index in [0.29, 0.717) is 26.2 Å². The topological polar surface area (TPSA) is 66.9 Å². The Bertz CT molecular complexity index is 510. The highest BCUT2D eigenvalue weighted by molar-refractivity contribution is 7.91. The van der Waals surface area contributed by atoms with Crippen molar-refractivity contribution in [3.63, 3.8) is 0 Å². The SMILES string of the molecule is O=C(CN1CCOCC1)N(C1CCCCC1)[C@@H]1CCS(=O)(=O)C1. The summed E-state index contributed by atoms with van der Waals surface area (Å²) in [6.07, 6.45) is 6.16. The zero-order chi connectivity index (χ0) is 16.3. The lowest BCUT2D eigenvalue weighted by Gasteiger charge is -2.39. The number of hydrogen-bond donors (Lipinski definition) is 0. The molecule has 2 saturated heterocycles. The highest BCUT2D eigenvalue weighted by atomic mass is 32.2. The maximum atomic E-state index is 13.0. The van der Waals surface area contributed by atoms with Crippen LogP contribution in [0.5, 0.6) is 0 Å². The molecule has 3 aliphatic rings. The van der Waals surface area contributed by atoms with E-state index in [1.165, 1.54) is 6.42 Å². The molecule has 7 heteroatoms. The molecule has 23 heavy (non-hydrogen) atoms. The summed E-state index contributed by atoms with van der Waals surface area (Å²) in [7, 11) is -2.97. The van der Waals surface area contributed by atoms with Gasteiger partial charge < -0.3 is 9.64 Å². The average molecular weight is 344 g/mol. The molecule has 6 nitrogen and oxygen atoms in total. The van der Waals surface area contributed by atoms with E-state index in [0.717, 1.165) is 38.8 Å². The van der Waals surface area contributed by atoms with Gasteiger partial charge in [0.2, 0.25) is 5.91 Å². The zero-order valence-electron chi connectivity index (χ0n) is 13.8. The zero-order valence-corrected chi connectivity index (χ0v) is 14.6. The third-order valence-electron chi connectivity index (χ3n) is 5.32. The first kappa shape index (κ1) is 17.2. The van der Waals surface area contributed by atoms with Crippen LogP contribution in [0.2, 0.25) is 0 Å². The van der Waals surface area contributed by atoms with Crippen LogP contribution in [0.4, 0.5) is 0 Å². The van der Waals surface area contributed by atoms with Gasteiger partial charge in [-0.1, -0.05) is 19.3 Å². The summed E-state index contributed by atoms with van der Waals surface area (Å²) in [5.74, 6) is 0.491. The standard InChI is InChI=1S/C16H28N2O4S/c19-16(12-17-7-9-22-10-8-17)18(14-4-2-1-3-5-14)15-6-11-23(20,21)13-15/h14-15H,1-13H2/t15-/m1/s1. The fourth-order valence-electron chi connectivity index (χ4n) is 4.09. The van der Waals surface area contributed by atoms with E-state index in [1.807, 2.05) is 4.90 Å². The molecule has 0 unspecified atom stereocenters. The molecule has 0 radical (unpaired) electrons. The van der Waals surface area contributed by atoms with Crippen molar-refractivity contribution in [2.75, 3.05) is 44.4 Å². The molecule has 3 fully saturated rings. The fourth-order valence-corrected chi connectivity index (χ4v) is 5.80. The normalized spacial score (nSPS) is 29.5. The summed E-state index contributed by atoms with van der Waals surface area (Å²) in [5, 5.41) is 0. The second-order valence-corrected chi connectivity index (χ2v) is 9.27. The minimum Gasteiger partial charge on any atom is -0.379 e. The minimum atomic E-state index is -2.97. The molecular formula is C16H28N2O4S. The average Bonchev–Trinajstić information content (AvgIpc) is 2.89. The number of sulfone groups is 1. The molecule has 0 spiro atoms. The van der Waals surface area contributed by atoms with Gasteiger partial charge in [0.1, 0.15) is 0 Å². The maximum absolute atomic E-state index is 13.0. The highest BCUT2D eigenvalue weighted by Gasteiger charge is 2.38. The lowest BCUT2D eigenvalue weighted by molar-refractivity contribution is -0.138. The number of carbonyl (C=O) groups is 1. The largest absolute Gasteiger partial charge is 0.379 e. The van der Waals surface area contributed by atoms with Gasteiger partial charge in [-0.05, 0) is 19.3 Å². The van der Waals surface area contributed by atoms with Crippen LogP contribution in [0.3, 0.4) is 0 Å². The van der Waals surface area contributed by atoms with E-state index in [1.54, 1.807) is 0 Å². The van der Waals surface area contributed by atoms with Crippen molar-refractivity contribution in [3.05, 3.63) is 0 Å². The van der Waals surface area contributed by atoms with Crippen molar-refractivity contribution in [3.8, 4) is 0 Å². The van der Waals surface area contributed by atoms with E-state index in [-0.39, 0.29) is 29.5 Å². The predicted molar refractivity (Wildman–Crippen MR) is 88.0 cm³/mol. The van der Waals surface area contributed by atoms with Crippen molar-refractivity contribution in [2.24, 2.45) is 0 Å². The van der Waals surface area contributed by atoms with Crippen molar-refractivity contribution in [2.45, 2.75) is 50.6 Å². The first-order valence-corrected chi connectivity index (χ1v) is 10.7. The van der Waals surface area contributed by atoms with Gasteiger partial charge >= 0.3 is 0 Å². The Kier molecular flexibility index (Phi) is 5.59. The number of rotatable bonds is 4. The molecule has 2 aliphatic heterocycles. The van der Waals surface area contributed by atoms with Gasteiger partial charge in [0.05, 0.1) is 31.3 Å². The maximum Gasteiger partial charge on any atom is 0.237 e. The van der Waals surface area contributed by atoms with E-state index < -0.39 is 9.84 Å². The molecule has 1 aliphatic carbocycles. The van der Waals surface area contributed by atoms with Gasteiger partial charge in [0.15, 0.2) is 9.84 Å². The van der Waals surface area contributed by atoms with Gasteiger partial charge in [-0.2, -0.15) is 0 Å². The summed E-state index contributed by atoms with van der Waals surface area (Å²) >= 11 is 0. The predicted octanol–water partition coefficient (Wildman–Crippen LogP) is 0.667. The third kappa shape index (κ3) is 4.45. The van der Waals surface area contributed by atoms with Gasteiger partial charge in [-0.25, -0.2) is 8.42 Å². The first-order valence-electron chi connectivity index (χ1n) is 8.87. The van der Waals surface area contributed by atoms with Crippen molar-refractivity contribution in [1.29, 1.82) is 0 Å². The second-order valence-electron chi connectivity index (χ2n) is 7.04. The van der Waals surface area contributed by atoms with Gasteiger partial charge in [-0.3, -0.25) is 9.69 Å². The van der Waals surface area contributed by atoms with Crippen LogP contribution in [0.1, 0.15) is 38.5 Å². The van der Waals surface area contributed by atoms with Crippen LogP contribution in [0.25, 0.3) is 0 Å². The molecular weight excluding hydrogens is 316 g/mol. The first-order chi connectivity index (χ1) is 11.1. The Morgan fingerprint density at radius 2 is 1.74 bits per heavy atom. The molecule has 3 rings (SSSR count). The van der Waals surface area contributed by atoms with Crippen molar-refractivity contribution < 1.29 is 17.9 Å². The number of carbonyl (C=O) groups excluding carboxylic acids is 1. The van der Waals surface area contributed by atoms with E-state index in [4.69, 9.17) is 4.74 Å². The van der Waals surface area contributed by atoms with Crippen LogP contribution in [-0.4, -0.2) is 80.6 Å². The van der Waals surface area contributed by atoms with Crippen LogP contribution >= 0.6 is 0 Å². The van der Waals surface area contributed by atoms with Crippen LogP contribution < -0.4 is 0 Å². The van der Waals surface area contributed by atoms with E-state index >= 15 is 0 Å². The van der Waals surface area contributed by atoms with Gasteiger partial charge in [-0.15, -0.1) is 0 Å². The van der Waals surface area contributed by atoms with Crippen molar-refractivity contribution >= 4 is 15.7 Å². The summed E-state index contributed by atoms with van der Waals surface area (Å²) in [5.41, 5.74) is 0. The molecule has 0 N–H and O–H groups in total. The third-order valence-corrected chi connectivity index (χ3v) is 7.07. The molecule has 0 aromatic heterocycles. The Labute approximate surface area is 139 Å². The molecule has 0 aromatic rings. The van der Waals surface area contributed by atoms with Crippen LogP contribution in [0.15, 0.2) is 0 Å². The molecule has 0 aromatic carbocycles. The summed E-state index contributed by atoms with van der Waals surface area (Å²) in [6.45, 7) is 3.32. The molecule has 132 valence electrons. The Hall–Kier alpha value is -0.660. The molecule has 1 amide bonds. The van der Waals surface area contributed by atoms with Gasteiger partial charge in [0.25, 0.3) is 0 Å². The smallest absolute Gasteiger partial charge is 0.237 e. The Balaban J connectivity index is 1.69. The van der Waals surface area contributed by atoms with Crippen LogP contribution in [-0.2, 0) is 19.4 Å². The number of hydrogen-bond acceptors (Lipinski definition) is 5. The van der Waals surface area contributed by atoms with Crippen molar-refractivity contribution in [1.82, 2.24) is 9.80 Å². The highest BCUT2D eigenvalue weighted by Crippen LogP contribution is 2.28. The number of nitrogens with zero attached hydrogens (tertiary/aromatic N) is 2. The second kappa shape index (κ2) is 7.49. The van der Waals surface area contributed by atoms with E-state index in [9.17, 15) is 13.2 Å². The number of ether oxygens (including phenoxy) is 1. The number of amides is 1. The Morgan fingerprint density at radius 3 is 2.35 bits per heavy atom. The molecule has 1 atom stereocenters. The monoisotopic (exact) mass is 344 g/mol. The lowest BCUT2D eigenvalue weighted by atomic mass is 9.92. The molecule has 2 heterocycles. The molecule has 0 bridgehead atoms. The van der Waals surface area contributed by atoms with Crippen LogP contribution in [0, 0.1) is 0 Å². The summed E-state index contributed by atoms with van der Waals surface area (Å²) < 4.78 is 29.1. The lowest BCUT2D eigenvalue weighted by Crippen LogP contribution is -2.53. The fraction of sp³-hybridized carbons (Fsp3) is 0.938. The summed E-state index contributed by atoms with van der Waals surface area (Å²) in [6, 6.07) is 0.118. The minimum absolute atomic E-state index is 0.112. The Morgan fingerprint density at radius 1 is 1.04 bits per heavy atom. The van der Waals surface area contributed by atoms with E-state index in [2.05, 4.69) is 4.90 Å². The summed E-state index contributed by atoms with van der Waals surface area (Å²) in [4.78, 5) is 17.0. The number of morpholine rings is 1. The quantitative estimate of drug-likeness (QED) is 0.750. The molecule has 1 saturated carbocycles.